The second kappa shape index (κ2) is 4.12. The lowest BCUT2D eigenvalue weighted by atomic mass is 10.1. The largest absolute Gasteiger partial charge is 0.478 e. The molecule has 1 aromatic heterocycles. The summed E-state index contributed by atoms with van der Waals surface area (Å²) in [6, 6.07) is 3.17. The van der Waals surface area contributed by atoms with Crippen LogP contribution in [-0.4, -0.2) is 11.1 Å². The number of benzene rings is 1. The molecule has 0 saturated heterocycles. The van der Waals surface area contributed by atoms with Crippen LogP contribution in [0.15, 0.2) is 17.5 Å². The Morgan fingerprint density at radius 3 is 2.87 bits per heavy atom. The average Bonchev–Trinajstić information content (AvgIpc) is 2.62. The number of carboxylic acids is 1. The third-order valence-corrected chi connectivity index (χ3v) is 4.22. The van der Waals surface area contributed by atoms with Crippen LogP contribution in [0.2, 0.25) is 5.02 Å². The molecule has 1 aromatic carbocycles. The number of hydrogen-bond acceptors (Lipinski definition) is 2. The summed E-state index contributed by atoms with van der Waals surface area (Å²) in [6.45, 7) is 0. The van der Waals surface area contributed by atoms with E-state index in [0.717, 1.165) is 15.6 Å². The maximum Gasteiger partial charge on any atom is 0.336 e. The van der Waals surface area contributed by atoms with E-state index in [1.807, 2.05) is 5.38 Å². The van der Waals surface area contributed by atoms with Gasteiger partial charge in [-0.25, -0.2) is 4.79 Å². The molecule has 78 valence electrons. The van der Waals surface area contributed by atoms with Crippen LogP contribution < -0.4 is 0 Å². The molecule has 5 heteroatoms. The van der Waals surface area contributed by atoms with Gasteiger partial charge < -0.3 is 5.11 Å². The number of carboxylic acid groups (broad SMARTS) is 1. The van der Waals surface area contributed by atoms with Crippen molar-refractivity contribution < 1.29 is 9.90 Å². The number of aromatic carboxylic acids is 1. The summed E-state index contributed by atoms with van der Waals surface area (Å²) < 4.78 is 0.839. The average molecular weight is 306 g/mol. The molecular weight excluding hydrogens is 300 g/mol. The summed E-state index contributed by atoms with van der Waals surface area (Å²) in [6.07, 6.45) is 0. The van der Waals surface area contributed by atoms with Crippen molar-refractivity contribution in [1.29, 1.82) is 0 Å². The van der Waals surface area contributed by atoms with Crippen LogP contribution in [0.1, 0.15) is 15.9 Å². The first-order chi connectivity index (χ1) is 7.15. The second-order valence-corrected chi connectivity index (χ2v) is 4.85. The van der Waals surface area contributed by atoms with E-state index in [1.165, 1.54) is 11.3 Å². The molecule has 0 saturated carbocycles. The van der Waals surface area contributed by atoms with Crippen LogP contribution in [0.4, 0.5) is 0 Å². The van der Waals surface area contributed by atoms with Crippen molar-refractivity contribution in [2.75, 3.05) is 0 Å². The molecule has 0 bridgehead atoms. The Bertz CT molecular complexity index is 535. The standard InChI is InChI=1S/C10H6BrClO2S/c11-3-5-4-15-9-7(12)2-1-6(8(5)9)10(13)14/h1-2,4H,3H2,(H,13,14). The van der Waals surface area contributed by atoms with Crippen LogP contribution in [0, 0.1) is 0 Å². The highest BCUT2D eigenvalue weighted by atomic mass is 79.9. The van der Waals surface area contributed by atoms with Gasteiger partial charge in [0.25, 0.3) is 0 Å². The number of thiophene rings is 1. The van der Waals surface area contributed by atoms with Crippen molar-refractivity contribution in [2.24, 2.45) is 0 Å². The maximum atomic E-state index is 11.0. The predicted octanol–water partition coefficient (Wildman–Crippen LogP) is 4.15. The van der Waals surface area contributed by atoms with E-state index in [1.54, 1.807) is 12.1 Å². The van der Waals surface area contributed by atoms with Gasteiger partial charge in [0.2, 0.25) is 0 Å². The van der Waals surface area contributed by atoms with Crippen molar-refractivity contribution in [2.45, 2.75) is 5.33 Å². The molecule has 0 aliphatic heterocycles. The number of halogens is 2. The number of rotatable bonds is 2. The third kappa shape index (κ3) is 1.77. The minimum absolute atomic E-state index is 0.310. The molecule has 1 N–H and O–H groups in total. The number of alkyl halides is 1. The van der Waals surface area contributed by atoms with Gasteiger partial charge in [0, 0.05) is 10.7 Å². The molecule has 0 atom stereocenters. The minimum Gasteiger partial charge on any atom is -0.478 e. The lowest BCUT2D eigenvalue weighted by Crippen LogP contribution is -1.97. The highest BCUT2D eigenvalue weighted by molar-refractivity contribution is 9.08. The Morgan fingerprint density at radius 1 is 1.53 bits per heavy atom. The number of fused-ring (bicyclic) bond motifs is 1. The van der Waals surface area contributed by atoms with E-state index in [9.17, 15) is 4.79 Å². The van der Waals surface area contributed by atoms with E-state index in [2.05, 4.69) is 15.9 Å². The molecule has 0 fully saturated rings. The SMILES string of the molecule is O=C(O)c1ccc(Cl)c2scc(CBr)c12. The van der Waals surface area contributed by atoms with Gasteiger partial charge in [-0.3, -0.25) is 0 Å². The van der Waals surface area contributed by atoms with Crippen LogP contribution in [0.25, 0.3) is 10.1 Å². The van der Waals surface area contributed by atoms with Gasteiger partial charge in [0.1, 0.15) is 0 Å². The Hall–Kier alpha value is -0.580. The smallest absolute Gasteiger partial charge is 0.336 e. The Kier molecular flexibility index (Phi) is 3.00. The molecule has 1 heterocycles. The van der Waals surface area contributed by atoms with E-state index in [0.29, 0.717) is 15.9 Å². The van der Waals surface area contributed by atoms with Gasteiger partial charge >= 0.3 is 5.97 Å². The van der Waals surface area contributed by atoms with E-state index in [4.69, 9.17) is 16.7 Å². The topological polar surface area (TPSA) is 37.3 Å². The Labute approximate surface area is 104 Å². The maximum absolute atomic E-state index is 11.0. The molecule has 2 aromatic rings. The number of carbonyl (C=O) groups is 1. The minimum atomic E-state index is -0.919. The zero-order chi connectivity index (χ0) is 11.0. The molecule has 2 rings (SSSR count). The summed E-state index contributed by atoms with van der Waals surface area (Å²) in [5.74, 6) is -0.919. The molecule has 0 aliphatic carbocycles. The second-order valence-electron chi connectivity index (χ2n) is 3.00. The van der Waals surface area contributed by atoms with Gasteiger partial charge in [-0.1, -0.05) is 27.5 Å². The molecule has 0 radical (unpaired) electrons. The quantitative estimate of drug-likeness (QED) is 0.846. The molecule has 0 amide bonds. The van der Waals surface area contributed by atoms with E-state index >= 15 is 0 Å². The lowest BCUT2D eigenvalue weighted by Gasteiger charge is -2.01. The van der Waals surface area contributed by atoms with Gasteiger partial charge in [-0.2, -0.15) is 0 Å². The molecule has 15 heavy (non-hydrogen) atoms. The summed E-state index contributed by atoms with van der Waals surface area (Å²) in [5, 5.41) is 13.0. The zero-order valence-corrected chi connectivity index (χ0v) is 10.6. The van der Waals surface area contributed by atoms with Gasteiger partial charge in [-0.15, -0.1) is 11.3 Å². The molecule has 0 unspecified atom stereocenters. The van der Waals surface area contributed by atoms with Crippen LogP contribution >= 0.6 is 38.9 Å². The predicted molar refractivity (Wildman–Crippen MR) is 66.4 cm³/mol. The van der Waals surface area contributed by atoms with Crippen LogP contribution in [0.5, 0.6) is 0 Å². The normalized spacial score (nSPS) is 10.8. The summed E-state index contributed by atoms with van der Waals surface area (Å²) in [4.78, 5) is 11.0. The molecule has 0 aliphatic rings. The molecular formula is C10H6BrClO2S. The van der Waals surface area contributed by atoms with E-state index < -0.39 is 5.97 Å². The molecule has 0 spiro atoms. The monoisotopic (exact) mass is 304 g/mol. The van der Waals surface area contributed by atoms with Crippen molar-refractivity contribution in [3.05, 3.63) is 33.7 Å². The molecule has 2 nitrogen and oxygen atoms in total. The van der Waals surface area contributed by atoms with Crippen molar-refractivity contribution in [1.82, 2.24) is 0 Å². The zero-order valence-electron chi connectivity index (χ0n) is 7.46. The van der Waals surface area contributed by atoms with Gasteiger partial charge in [-0.05, 0) is 23.1 Å². The highest BCUT2D eigenvalue weighted by Gasteiger charge is 2.15. The Morgan fingerprint density at radius 2 is 2.27 bits per heavy atom. The van der Waals surface area contributed by atoms with Crippen LogP contribution in [0.3, 0.4) is 0 Å². The van der Waals surface area contributed by atoms with Crippen molar-refractivity contribution >= 4 is 54.9 Å². The van der Waals surface area contributed by atoms with Crippen molar-refractivity contribution in [3.8, 4) is 0 Å². The third-order valence-electron chi connectivity index (χ3n) is 2.12. The van der Waals surface area contributed by atoms with Crippen LogP contribution in [-0.2, 0) is 5.33 Å². The summed E-state index contributed by atoms with van der Waals surface area (Å²) in [5.41, 5.74) is 1.28. The first-order valence-corrected chi connectivity index (χ1v) is 6.51. The van der Waals surface area contributed by atoms with Crippen molar-refractivity contribution in [3.63, 3.8) is 0 Å². The summed E-state index contributed by atoms with van der Waals surface area (Å²) >= 11 is 10.8. The fraction of sp³-hybridized carbons (Fsp3) is 0.100. The fourth-order valence-corrected chi connectivity index (χ4v) is 3.41. The van der Waals surface area contributed by atoms with Gasteiger partial charge in [0.05, 0.1) is 15.3 Å². The fourth-order valence-electron chi connectivity index (χ4n) is 1.46. The highest BCUT2D eigenvalue weighted by Crippen LogP contribution is 2.35. The first kappa shape index (κ1) is 10.9. The number of hydrogen-bond donors (Lipinski definition) is 1. The lowest BCUT2D eigenvalue weighted by molar-refractivity contribution is 0.0699. The van der Waals surface area contributed by atoms with Gasteiger partial charge in [0.15, 0.2) is 0 Å². The first-order valence-electron chi connectivity index (χ1n) is 4.13. The summed E-state index contributed by atoms with van der Waals surface area (Å²) in [7, 11) is 0. The van der Waals surface area contributed by atoms with E-state index in [-0.39, 0.29) is 0 Å². The Balaban J connectivity index is 2.87.